The quantitative estimate of drug-likeness (QED) is 0.912. The highest BCUT2D eigenvalue weighted by Gasteiger charge is 2.13. The zero-order valence-corrected chi connectivity index (χ0v) is 10.7. The third-order valence-corrected chi connectivity index (χ3v) is 2.74. The Bertz CT molecular complexity index is 613. The van der Waals surface area contributed by atoms with Crippen LogP contribution in [0.1, 0.15) is 0 Å². The molecular formula is C15H13NO4. The van der Waals surface area contributed by atoms with Gasteiger partial charge in [0, 0.05) is 11.8 Å². The van der Waals surface area contributed by atoms with Gasteiger partial charge < -0.3 is 14.2 Å². The number of ether oxygens (including phenoxy) is 3. The third kappa shape index (κ3) is 2.83. The van der Waals surface area contributed by atoms with Gasteiger partial charge in [-0.1, -0.05) is 18.2 Å². The van der Waals surface area contributed by atoms with Gasteiger partial charge in [0.2, 0.25) is 0 Å². The lowest BCUT2D eigenvalue weighted by Crippen LogP contribution is -2.18. The van der Waals surface area contributed by atoms with Gasteiger partial charge in [0.1, 0.15) is 19.0 Å². The number of hydrogen-bond acceptors (Lipinski definition) is 4. The van der Waals surface area contributed by atoms with Gasteiger partial charge in [-0.3, -0.25) is 5.32 Å². The first-order valence-electron chi connectivity index (χ1n) is 6.25. The summed E-state index contributed by atoms with van der Waals surface area (Å²) >= 11 is 0. The summed E-state index contributed by atoms with van der Waals surface area (Å²) in [6.45, 7) is 1.04. The molecule has 1 N–H and O–H groups in total. The Morgan fingerprint density at radius 2 is 1.75 bits per heavy atom. The van der Waals surface area contributed by atoms with Crippen LogP contribution in [0.4, 0.5) is 10.5 Å². The van der Waals surface area contributed by atoms with E-state index in [1.807, 2.05) is 6.07 Å². The van der Waals surface area contributed by atoms with Crippen molar-refractivity contribution < 1.29 is 19.0 Å². The number of fused-ring (bicyclic) bond motifs is 1. The second-order valence-corrected chi connectivity index (χ2v) is 4.19. The van der Waals surface area contributed by atoms with Crippen molar-refractivity contribution >= 4 is 11.8 Å². The number of carbonyl (C=O) groups is 1. The van der Waals surface area contributed by atoms with E-state index in [9.17, 15) is 4.79 Å². The Morgan fingerprint density at radius 1 is 1.00 bits per heavy atom. The Hall–Kier alpha value is -2.69. The maximum absolute atomic E-state index is 11.7. The van der Waals surface area contributed by atoms with Crippen molar-refractivity contribution in [3.05, 3.63) is 48.5 Å². The maximum Gasteiger partial charge on any atom is 0.417 e. The minimum atomic E-state index is -0.548. The van der Waals surface area contributed by atoms with Crippen molar-refractivity contribution in [3.8, 4) is 17.2 Å². The fourth-order valence-corrected chi connectivity index (χ4v) is 1.86. The molecule has 0 fully saturated rings. The van der Waals surface area contributed by atoms with Gasteiger partial charge in [0.15, 0.2) is 11.5 Å². The fourth-order valence-electron chi connectivity index (χ4n) is 1.86. The van der Waals surface area contributed by atoms with Crippen LogP contribution in [0, 0.1) is 0 Å². The maximum atomic E-state index is 11.7. The Morgan fingerprint density at radius 3 is 2.55 bits per heavy atom. The summed E-state index contributed by atoms with van der Waals surface area (Å²) in [5.74, 6) is 1.79. The van der Waals surface area contributed by atoms with Gasteiger partial charge in [-0.15, -0.1) is 0 Å². The first kappa shape index (κ1) is 12.3. The standard InChI is InChI=1S/C15H13NO4/c17-15(20-12-4-2-1-3-5-12)16-11-6-7-13-14(10-11)19-9-8-18-13/h1-7,10H,8-9H2,(H,16,17). The van der Waals surface area contributed by atoms with Crippen LogP contribution in [0.15, 0.2) is 48.5 Å². The SMILES string of the molecule is O=C(Nc1ccc2c(c1)OCCO2)Oc1ccccc1. The Kier molecular flexibility index (Phi) is 3.41. The average molecular weight is 271 g/mol. The van der Waals surface area contributed by atoms with E-state index in [0.717, 1.165) is 0 Å². The number of anilines is 1. The van der Waals surface area contributed by atoms with Gasteiger partial charge in [0.25, 0.3) is 0 Å². The van der Waals surface area contributed by atoms with E-state index in [1.54, 1.807) is 42.5 Å². The molecule has 2 aromatic rings. The summed E-state index contributed by atoms with van der Waals surface area (Å²) < 4.78 is 16.0. The van der Waals surface area contributed by atoms with Crippen LogP contribution in [0.3, 0.4) is 0 Å². The minimum absolute atomic E-state index is 0.488. The number of nitrogens with one attached hydrogen (secondary N) is 1. The molecule has 5 nitrogen and oxygen atoms in total. The molecule has 1 aliphatic rings. The van der Waals surface area contributed by atoms with Crippen LogP contribution in [0.25, 0.3) is 0 Å². The Balaban J connectivity index is 1.67. The zero-order chi connectivity index (χ0) is 13.8. The summed E-state index contributed by atoms with van der Waals surface area (Å²) in [5, 5.41) is 2.64. The molecule has 102 valence electrons. The smallest absolute Gasteiger partial charge is 0.417 e. The van der Waals surface area contributed by atoms with E-state index in [2.05, 4.69) is 5.32 Å². The molecule has 0 atom stereocenters. The molecule has 0 aromatic heterocycles. The van der Waals surface area contributed by atoms with Crippen molar-refractivity contribution in [2.75, 3.05) is 18.5 Å². The number of hydrogen-bond donors (Lipinski definition) is 1. The lowest BCUT2D eigenvalue weighted by atomic mass is 10.2. The van der Waals surface area contributed by atoms with E-state index in [4.69, 9.17) is 14.2 Å². The molecule has 2 aromatic carbocycles. The van der Waals surface area contributed by atoms with Crippen LogP contribution < -0.4 is 19.5 Å². The van der Waals surface area contributed by atoms with Crippen LogP contribution in [0.5, 0.6) is 17.2 Å². The summed E-state index contributed by atoms with van der Waals surface area (Å²) in [7, 11) is 0. The van der Waals surface area contributed by atoms with Crippen molar-refractivity contribution in [1.82, 2.24) is 0 Å². The molecule has 0 spiro atoms. The molecule has 0 aliphatic carbocycles. The van der Waals surface area contributed by atoms with Gasteiger partial charge in [-0.05, 0) is 24.3 Å². The predicted molar refractivity (Wildman–Crippen MR) is 73.5 cm³/mol. The average Bonchev–Trinajstić information content (AvgIpc) is 2.48. The molecule has 1 aliphatic heterocycles. The molecule has 3 rings (SSSR count). The molecule has 0 unspecified atom stereocenters. The second-order valence-electron chi connectivity index (χ2n) is 4.19. The first-order valence-corrected chi connectivity index (χ1v) is 6.25. The highest BCUT2D eigenvalue weighted by atomic mass is 16.6. The number of rotatable bonds is 2. The number of benzene rings is 2. The normalized spacial score (nSPS) is 12.6. The van der Waals surface area contributed by atoms with Crippen molar-refractivity contribution in [1.29, 1.82) is 0 Å². The number of amides is 1. The van der Waals surface area contributed by atoms with Gasteiger partial charge >= 0.3 is 6.09 Å². The Labute approximate surface area is 116 Å². The third-order valence-electron chi connectivity index (χ3n) is 2.74. The van der Waals surface area contributed by atoms with Crippen LogP contribution in [0.2, 0.25) is 0 Å². The van der Waals surface area contributed by atoms with Gasteiger partial charge in [-0.25, -0.2) is 4.79 Å². The second kappa shape index (κ2) is 5.52. The van der Waals surface area contributed by atoms with E-state index >= 15 is 0 Å². The van der Waals surface area contributed by atoms with Crippen LogP contribution in [-0.2, 0) is 0 Å². The molecule has 0 radical (unpaired) electrons. The van der Waals surface area contributed by atoms with Crippen molar-refractivity contribution in [2.24, 2.45) is 0 Å². The number of para-hydroxylation sites is 1. The molecule has 0 saturated carbocycles. The van der Waals surface area contributed by atoms with Crippen LogP contribution in [-0.4, -0.2) is 19.3 Å². The molecule has 1 amide bonds. The minimum Gasteiger partial charge on any atom is -0.486 e. The van der Waals surface area contributed by atoms with Crippen molar-refractivity contribution in [3.63, 3.8) is 0 Å². The summed E-state index contributed by atoms with van der Waals surface area (Å²) in [6.07, 6.45) is -0.548. The first-order chi connectivity index (χ1) is 9.81. The molecule has 0 bridgehead atoms. The topological polar surface area (TPSA) is 56.8 Å². The van der Waals surface area contributed by atoms with E-state index in [0.29, 0.717) is 36.1 Å². The van der Waals surface area contributed by atoms with Gasteiger partial charge in [0.05, 0.1) is 0 Å². The largest absolute Gasteiger partial charge is 0.486 e. The fraction of sp³-hybridized carbons (Fsp3) is 0.133. The lowest BCUT2D eigenvalue weighted by Gasteiger charge is -2.18. The van der Waals surface area contributed by atoms with E-state index < -0.39 is 6.09 Å². The molecule has 20 heavy (non-hydrogen) atoms. The molecule has 1 heterocycles. The van der Waals surface area contributed by atoms with E-state index in [-0.39, 0.29) is 0 Å². The zero-order valence-electron chi connectivity index (χ0n) is 10.7. The summed E-state index contributed by atoms with van der Waals surface area (Å²) in [5.41, 5.74) is 0.593. The summed E-state index contributed by atoms with van der Waals surface area (Å²) in [6, 6.07) is 14.1. The molecular weight excluding hydrogens is 258 g/mol. The lowest BCUT2D eigenvalue weighted by molar-refractivity contribution is 0.171. The predicted octanol–water partition coefficient (Wildman–Crippen LogP) is 3.07. The number of carbonyl (C=O) groups excluding carboxylic acids is 1. The molecule has 0 saturated heterocycles. The van der Waals surface area contributed by atoms with Gasteiger partial charge in [-0.2, -0.15) is 0 Å². The molecule has 5 heteroatoms. The highest BCUT2D eigenvalue weighted by Crippen LogP contribution is 2.32. The van der Waals surface area contributed by atoms with Crippen molar-refractivity contribution in [2.45, 2.75) is 0 Å². The monoisotopic (exact) mass is 271 g/mol. The van der Waals surface area contributed by atoms with Crippen LogP contribution >= 0.6 is 0 Å². The van der Waals surface area contributed by atoms with E-state index in [1.165, 1.54) is 0 Å². The summed E-state index contributed by atoms with van der Waals surface area (Å²) in [4.78, 5) is 11.7. The highest BCUT2D eigenvalue weighted by molar-refractivity contribution is 5.86.